The van der Waals surface area contributed by atoms with Crippen LogP contribution in [0.2, 0.25) is 0 Å². The van der Waals surface area contributed by atoms with E-state index in [0.717, 1.165) is 35.8 Å². The predicted molar refractivity (Wildman–Crippen MR) is 101 cm³/mol. The fourth-order valence-corrected chi connectivity index (χ4v) is 2.72. The summed E-state index contributed by atoms with van der Waals surface area (Å²) in [5, 5.41) is 0. The number of benzene rings is 1. The molecule has 0 aliphatic carbocycles. The Bertz CT molecular complexity index is 732. The number of ether oxygens (including phenoxy) is 2. The summed E-state index contributed by atoms with van der Waals surface area (Å²) in [7, 11) is 1.60. The Balaban J connectivity index is 2.58. The van der Waals surface area contributed by atoms with E-state index in [1.54, 1.807) is 13.3 Å². The van der Waals surface area contributed by atoms with E-state index >= 15 is 0 Å². The summed E-state index contributed by atoms with van der Waals surface area (Å²) < 4.78 is 11.4. The van der Waals surface area contributed by atoms with Gasteiger partial charge in [0.15, 0.2) is 6.29 Å². The molecule has 0 aliphatic rings. The van der Waals surface area contributed by atoms with Gasteiger partial charge >= 0.3 is 0 Å². The van der Waals surface area contributed by atoms with Crippen molar-refractivity contribution < 1.29 is 14.3 Å². The molecule has 0 fully saturated rings. The van der Waals surface area contributed by atoms with Crippen molar-refractivity contribution in [2.24, 2.45) is 0 Å². The van der Waals surface area contributed by atoms with Crippen LogP contribution in [-0.2, 0) is 5.41 Å². The van der Waals surface area contributed by atoms with E-state index < -0.39 is 0 Å². The number of hydrogen-bond donors (Lipinski definition) is 0. The van der Waals surface area contributed by atoms with Crippen molar-refractivity contribution in [1.82, 2.24) is 4.98 Å². The van der Waals surface area contributed by atoms with Crippen LogP contribution in [0.3, 0.4) is 0 Å². The van der Waals surface area contributed by atoms with Crippen LogP contribution in [-0.4, -0.2) is 25.0 Å². The summed E-state index contributed by atoms with van der Waals surface area (Å²) in [5.74, 6) is 1.22. The van der Waals surface area contributed by atoms with Crippen molar-refractivity contribution in [3.63, 3.8) is 0 Å². The number of unbranched alkanes of at least 4 members (excludes halogenated alkanes) is 1. The van der Waals surface area contributed by atoms with Crippen molar-refractivity contribution in [3.05, 3.63) is 41.6 Å². The van der Waals surface area contributed by atoms with Crippen molar-refractivity contribution >= 4 is 6.29 Å². The minimum Gasteiger partial charge on any atom is -0.496 e. The third-order valence-corrected chi connectivity index (χ3v) is 4.08. The molecule has 2 aromatic rings. The maximum atomic E-state index is 11.6. The molecule has 1 heterocycles. The highest BCUT2D eigenvalue weighted by Crippen LogP contribution is 2.39. The van der Waals surface area contributed by atoms with Gasteiger partial charge in [0.25, 0.3) is 0 Å². The highest BCUT2D eigenvalue weighted by molar-refractivity contribution is 5.85. The molecular formula is C21H27NO3. The first-order chi connectivity index (χ1) is 11.9. The Hall–Kier alpha value is -2.36. The van der Waals surface area contributed by atoms with Crippen LogP contribution in [0.4, 0.5) is 0 Å². The SMILES string of the molecule is CCCCOc1ncccc1-c1cc(C=O)c(OC)c(C(C)(C)C)c1. The molecule has 0 amide bonds. The van der Waals surface area contributed by atoms with Gasteiger partial charge in [0.2, 0.25) is 5.88 Å². The lowest BCUT2D eigenvalue weighted by molar-refractivity contribution is 0.112. The number of carbonyl (C=O) groups is 1. The summed E-state index contributed by atoms with van der Waals surface area (Å²) in [6, 6.07) is 7.75. The highest BCUT2D eigenvalue weighted by Gasteiger charge is 2.23. The Kier molecular flexibility index (Phi) is 6.18. The summed E-state index contributed by atoms with van der Waals surface area (Å²) in [4.78, 5) is 16.0. The molecule has 25 heavy (non-hydrogen) atoms. The Morgan fingerprint density at radius 1 is 1.24 bits per heavy atom. The van der Waals surface area contributed by atoms with Crippen molar-refractivity contribution in [3.8, 4) is 22.8 Å². The summed E-state index contributed by atoms with van der Waals surface area (Å²) >= 11 is 0. The molecule has 0 saturated carbocycles. The average molecular weight is 341 g/mol. The van der Waals surface area contributed by atoms with Crippen LogP contribution in [0.1, 0.15) is 56.5 Å². The molecular weight excluding hydrogens is 314 g/mol. The van der Waals surface area contributed by atoms with Gasteiger partial charge in [-0.2, -0.15) is 0 Å². The molecule has 0 bridgehead atoms. The van der Waals surface area contributed by atoms with E-state index in [1.165, 1.54) is 0 Å². The summed E-state index contributed by atoms with van der Waals surface area (Å²) in [5.41, 5.74) is 3.15. The average Bonchev–Trinajstić information content (AvgIpc) is 2.60. The van der Waals surface area contributed by atoms with Gasteiger partial charge in [-0.05, 0) is 41.7 Å². The van der Waals surface area contributed by atoms with E-state index in [-0.39, 0.29) is 5.41 Å². The summed E-state index contributed by atoms with van der Waals surface area (Å²) in [6.45, 7) is 9.06. The lowest BCUT2D eigenvalue weighted by Gasteiger charge is -2.24. The number of nitrogens with zero attached hydrogens (tertiary/aromatic N) is 1. The van der Waals surface area contributed by atoms with E-state index in [9.17, 15) is 4.79 Å². The monoisotopic (exact) mass is 341 g/mol. The molecule has 2 rings (SSSR count). The highest BCUT2D eigenvalue weighted by atomic mass is 16.5. The molecule has 1 aromatic carbocycles. The minimum absolute atomic E-state index is 0.162. The first-order valence-electron chi connectivity index (χ1n) is 8.68. The number of carbonyl (C=O) groups excluding carboxylic acids is 1. The Labute approximate surface area is 150 Å². The van der Waals surface area contributed by atoms with Gasteiger partial charge in [0, 0.05) is 17.3 Å². The number of hydrogen-bond acceptors (Lipinski definition) is 4. The molecule has 0 unspecified atom stereocenters. The Morgan fingerprint density at radius 2 is 2.00 bits per heavy atom. The minimum atomic E-state index is -0.162. The molecule has 0 atom stereocenters. The first-order valence-corrected chi connectivity index (χ1v) is 8.68. The molecule has 4 nitrogen and oxygen atoms in total. The lowest BCUT2D eigenvalue weighted by Crippen LogP contribution is -2.14. The molecule has 0 aliphatic heterocycles. The number of methoxy groups -OCH3 is 1. The molecule has 134 valence electrons. The van der Waals surface area contributed by atoms with Gasteiger partial charge in [-0.25, -0.2) is 4.98 Å². The van der Waals surface area contributed by atoms with Crippen LogP contribution in [0.25, 0.3) is 11.1 Å². The van der Waals surface area contributed by atoms with Crippen LogP contribution >= 0.6 is 0 Å². The second-order valence-corrected chi connectivity index (χ2v) is 7.07. The van der Waals surface area contributed by atoms with Crippen LogP contribution in [0.5, 0.6) is 11.6 Å². The molecule has 0 saturated heterocycles. The van der Waals surface area contributed by atoms with Crippen molar-refractivity contribution in [2.75, 3.05) is 13.7 Å². The molecule has 1 aromatic heterocycles. The molecule has 0 spiro atoms. The number of aromatic nitrogens is 1. The summed E-state index contributed by atoms with van der Waals surface area (Å²) in [6.07, 6.45) is 4.60. The second-order valence-electron chi connectivity index (χ2n) is 7.07. The normalized spacial score (nSPS) is 11.2. The van der Waals surface area contributed by atoms with Gasteiger partial charge in [-0.1, -0.05) is 34.1 Å². The van der Waals surface area contributed by atoms with Gasteiger partial charge in [0.05, 0.1) is 19.3 Å². The quantitative estimate of drug-likeness (QED) is 0.522. The topological polar surface area (TPSA) is 48.4 Å². The van der Waals surface area contributed by atoms with E-state index in [4.69, 9.17) is 9.47 Å². The van der Waals surface area contributed by atoms with Gasteiger partial charge in [-0.3, -0.25) is 4.79 Å². The first kappa shape index (κ1) is 19.0. The van der Waals surface area contributed by atoms with Crippen LogP contribution in [0, 0.1) is 0 Å². The van der Waals surface area contributed by atoms with Gasteiger partial charge in [-0.15, -0.1) is 0 Å². The number of aldehydes is 1. The maximum Gasteiger partial charge on any atom is 0.221 e. The van der Waals surface area contributed by atoms with E-state index in [1.807, 2.05) is 18.2 Å². The zero-order chi connectivity index (χ0) is 18.4. The van der Waals surface area contributed by atoms with Crippen LogP contribution < -0.4 is 9.47 Å². The number of rotatable bonds is 7. The molecule has 4 heteroatoms. The van der Waals surface area contributed by atoms with Gasteiger partial charge < -0.3 is 9.47 Å². The zero-order valence-corrected chi connectivity index (χ0v) is 15.8. The Morgan fingerprint density at radius 3 is 2.60 bits per heavy atom. The second kappa shape index (κ2) is 8.15. The van der Waals surface area contributed by atoms with E-state index in [0.29, 0.717) is 23.8 Å². The molecule has 0 radical (unpaired) electrons. The van der Waals surface area contributed by atoms with E-state index in [2.05, 4.69) is 38.7 Å². The van der Waals surface area contributed by atoms with Gasteiger partial charge in [0.1, 0.15) is 5.75 Å². The van der Waals surface area contributed by atoms with Crippen molar-refractivity contribution in [2.45, 2.75) is 46.0 Å². The third kappa shape index (κ3) is 4.38. The third-order valence-electron chi connectivity index (χ3n) is 4.08. The lowest BCUT2D eigenvalue weighted by atomic mass is 9.83. The van der Waals surface area contributed by atoms with Crippen molar-refractivity contribution in [1.29, 1.82) is 0 Å². The fraction of sp³-hybridized carbons (Fsp3) is 0.429. The largest absolute Gasteiger partial charge is 0.496 e. The maximum absolute atomic E-state index is 11.6. The number of pyridine rings is 1. The smallest absolute Gasteiger partial charge is 0.221 e. The standard InChI is InChI=1S/C21H27NO3/c1-6-7-11-25-20-17(9-8-10-22-20)15-12-16(14-23)19(24-5)18(13-15)21(2,3)4/h8-10,12-14H,6-7,11H2,1-5H3. The predicted octanol–water partition coefficient (Wildman–Crippen LogP) is 5.05. The molecule has 0 N–H and O–H groups in total. The zero-order valence-electron chi connectivity index (χ0n) is 15.8. The fourth-order valence-electron chi connectivity index (χ4n) is 2.72. The van der Waals surface area contributed by atoms with Crippen LogP contribution in [0.15, 0.2) is 30.5 Å².